The van der Waals surface area contributed by atoms with Crippen LogP contribution < -0.4 is 5.73 Å². The number of rotatable bonds is 3. The molecule has 0 aromatic heterocycles. The molecule has 3 atom stereocenters. The fraction of sp³-hybridized carbons (Fsp3) is 0.625. The molecule has 1 fully saturated rings. The summed E-state index contributed by atoms with van der Waals surface area (Å²) in [5, 5.41) is 0. The normalized spacial score (nSPS) is 29.2. The lowest BCUT2D eigenvalue weighted by atomic mass is 9.69. The summed E-state index contributed by atoms with van der Waals surface area (Å²) in [5.74, 6) is 2.29. The first-order valence-electron chi connectivity index (χ1n) is 7.01. The van der Waals surface area contributed by atoms with E-state index < -0.39 is 0 Å². The molecule has 2 rings (SSSR count). The zero-order chi connectivity index (χ0) is 12.3. The quantitative estimate of drug-likeness (QED) is 0.839. The third-order valence-corrected chi connectivity index (χ3v) is 4.57. The van der Waals surface area contributed by atoms with Crippen molar-refractivity contribution in [2.24, 2.45) is 17.6 Å². The molecule has 0 spiro atoms. The largest absolute Gasteiger partial charge is 0.330 e. The van der Waals surface area contributed by atoms with Crippen LogP contribution in [0.4, 0.5) is 0 Å². The van der Waals surface area contributed by atoms with E-state index in [4.69, 9.17) is 5.73 Å². The molecule has 1 saturated carbocycles. The van der Waals surface area contributed by atoms with Crippen LogP contribution in [0.15, 0.2) is 24.3 Å². The molecule has 0 amide bonds. The van der Waals surface area contributed by atoms with E-state index in [2.05, 4.69) is 38.1 Å². The topological polar surface area (TPSA) is 26.0 Å². The first-order chi connectivity index (χ1) is 8.26. The van der Waals surface area contributed by atoms with E-state index in [1.54, 1.807) is 5.56 Å². The standard InChI is InChI=1S/C16H25N/c1-3-13-8-9-14(11-17)16(10-13)15-7-5-4-6-12(15)2/h4-7,13-14,16H,3,8-11,17H2,1-2H3. The van der Waals surface area contributed by atoms with Gasteiger partial charge in [0.15, 0.2) is 0 Å². The van der Waals surface area contributed by atoms with Gasteiger partial charge in [-0.15, -0.1) is 0 Å². The van der Waals surface area contributed by atoms with Gasteiger partial charge >= 0.3 is 0 Å². The average molecular weight is 231 g/mol. The highest BCUT2D eigenvalue weighted by molar-refractivity contribution is 5.30. The Labute approximate surface area is 105 Å². The number of nitrogens with two attached hydrogens (primary N) is 1. The molecule has 1 aromatic rings. The van der Waals surface area contributed by atoms with E-state index in [0.29, 0.717) is 11.8 Å². The van der Waals surface area contributed by atoms with Crippen LogP contribution in [-0.2, 0) is 0 Å². The first kappa shape index (κ1) is 12.6. The van der Waals surface area contributed by atoms with E-state index in [-0.39, 0.29) is 0 Å². The Hall–Kier alpha value is -0.820. The van der Waals surface area contributed by atoms with Gasteiger partial charge in [0.1, 0.15) is 0 Å². The molecule has 3 unspecified atom stereocenters. The Morgan fingerprint density at radius 3 is 2.65 bits per heavy atom. The minimum atomic E-state index is 0.693. The minimum absolute atomic E-state index is 0.693. The van der Waals surface area contributed by atoms with Gasteiger partial charge < -0.3 is 5.73 Å². The Morgan fingerprint density at radius 2 is 2.00 bits per heavy atom. The molecule has 1 aromatic carbocycles. The summed E-state index contributed by atoms with van der Waals surface area (Å²) in [5.41, 5.74) is 8.95. The van der Waals surface area contributed by atoms with Crippen LogP contribution in [0.1, 0.15) is 49.7 Å². The Kier molecular flexibility index (Phi) is 4.22. The zero-order valence-corrected chi connectivity index (χ0v) is 11.2. The molecule has 0 aliphatic heterocycles. The van der Waals surface area contributed by atoms with Gasteiger partial charge in [-0.05, 0) is 55.2 Å². The molecule has 0 bridgehead atoms. The van der Waals surface area contributed by atoms with Crippen LogP contribution in [-0.4, -0.2) is 6.54 Å². The van der Waals surface area contributed by atoms with Crippen molar-refractivity contribution in [3.05, 3.63) is 35.4 Å². The second kappa shape index (κ2) is 5.68. The highest BCUT2D eigenvalue weighted by atomic mass is 14.6. The fourth-order valence-electron chi connectivity index (χ4n) is 3.36. The average Bonchev–Trinajstić information content (AvgIpc) is 2.38. The number of aryl methyl sites for hydroxylation is 1. The molecule has 17 heavy (non-hydrogen) atoms. The third kappa shape index (κ3) is 2.71. The molecule has 1 aliphatic rings. The molecule has 0 saturated heterocycles. The lowest BCUT2D eigenvalue weighted by Gasteiger charge is -2.36. The van der Waals surface area contributed by atoms with Gasteiger partial charge in [0.2, 0.25) is 0 Å². The van der Waals surface area contributed by atoms with E-state index in [0.717, 1.165) is 12.5 Å². The maximum atomic E-state index is 5.97. The van der Waals surface area contributed by atoms with Gasteiger partial charge in [0, 0.05) is 0 Å². The van der Waals surface area contributed by atoms with Crippen LogP contribution in [0.5, 0.6) is 0 Å². The van der Waals surface area contributed by atoms with Gasteiger partial charge in [0.05, 0.1) is 0 Å². The van der Waals surface area contributed by atoms with Crippen molar-refractivity contribution in [2.75, 3.05) is 6.54 Å². The van der Waals surface area contributed by atoms with Crippen molar-refractivity contribution in [1.29, 1.82) is 0 Å². The summed E-state index contributed by atoms with van der Waals surface area (Å²) >= 11 is 0. The molecular weight excluding hydrogens is 206 g/mol. The van der Waals surface area contributed by atoms with Gasteiger partial charge in [0.25, 0.3) is 0 Å². The second-order valence-electron chi connectivity index (χ2n) is 5.55. The Morgan fingerprint density at radius 1 is 1.24 bits per heavy atom. The zero-order valence-electron chi connectivity index (χ0n) is 11.2. The van der Waals surface area contributed by atoms with Crippen molar-refractivity contribution in [3.8, 4) is 0 Å². The Bertz CT molecular complexity index is 358. The van der Waals surface area contributed by atoms with Crippen molar-refractivity contribution >= 4 is 0 Å². The molecule has 0 radical (unpaired) electrons. The maximum Gasteiger partial charge on any atom is -0.00430 e. The predicted molar refractivity (Wildman–Crippen MR) is 74.1 cm³/mol. The molecule has 1 heteroatoms. The van der Waals surface area contributed by atoms with Crippen molar-refractivity contribution in [2.45, 2.75) is 45.4 Å². The van der Waals surface area contributed by atoms with Crippen LogP contribution in [0.2, 0.25) is 0 Å². The van der Waals surface area contributed by atoms with Crippen molar-refractivity contribution < 1.29 is 0 Å². The van der Waals surface area contributed by atoms with Gasteiger partial charge in [-0.3, -0.25) is 0 Å². The maximum absolute atomic E-state index is 5.97. The van der Waals surface area contributed by atoms with Crippen LogP contribution >= 0.6 is 0 Å². The van der Waals surface area contributed by atoms with E-state index in [1.807, 2.05) is 0 Å². The number of hydrogen-bond acceptors (Lipinski definition) is 1. The SMILES string of the molecule is CCC1CCC(CN)C(c2ccccc2C)C1. The van der Waals surface area contributed by atoms with Crippen molar-refractivity contribution in [1.82, 2.24) is 0 Å². The monoisotopic (exact) mass is 231 g/mol. The van der Waals surface area contributed by atoms with Gasteiger partial charge in [-0.25, -0.2) is 0 Å². The molecular formula is C16H25N. The van der Waals surface area contributed by atoms with Crippen LogP contribution in [0.25, 0.3) is 0 Å². The lowest BCUT2D eigenvalue weighted by Crippen LogP contribution is -2.29. The minimum Gasteiger partial charge on any atom is -0.330 e. The summed E-state index contributed by atoms with van der Waals surface area (Å²) in [4.78, 5) is 0. The summed E-state index contributed by atoms with van der Waals surface area (Å²) in [6, 6.07) is 8.85. The predicted octanol–water partition coefficient (Wildman–Crippen LogP) is 3.86. The smallest absolute Gasteiger partial charge is 0.00430 e. The fourth-order valence-corrected chi connectivity index (χ4v) is 3.36. The second-order valence-corrected chi connectivity index (χ2v) is 5.55. The van der Waals surface area contributed by atoms with Crippen LogP contribution in [0.3, 0.4) is 0 Å². The Balaban J connectivity index is 2.23. The molecule has 0 heterocycles. The highest BCUT2D eigenvalue weighted by Crippen LogP contribution is 2.42. The lowest BCUT2D eigenvalue weighted by molar-refractivity contribution is 0.235. The summed E-state index contributed by atoms with van der Waals surface area (Å²) in [6.45, 7) is 5.40. The van der Waals surface area contributed by atoms with Gasteiger partial charge in [-0.1, -0.05) is 44.0 Å². The molecule has 94 valence electrons. The summed E-state index contributed by atoms with van der Waals surface area (Å²) < 4.78 is 0. The molecule has 1 nitrogen and oxygen atoms in total. The summed E-state index contributed by atoms with van der Waals surface area (Å²) in [6.07, 6.45) is 5.34. The van der Waals surface area contributed by atoms with Crippen LogP contribution in [0, 0.1) is 18.8 Å². The highest BCUT2D eigenvalue weighted by Gasteiger charge is 2.30. The first-order valence-corrected chi connectivity index (χ1v) is 7.01. The van der Waals surface area contributed by atoms with E-state index in [1.165, 1.54) is 31.2 Å². The number of benzene rings is 1. The number of hydrogen-bond donors (Lipinski definition) is 1. The van der Waals surface area contributed by atoms with Crippen molar-refractivity contribution in [3.63, 3.8) is 0 Å². The molecule has 2 N–H and O–H groups in total. The third-order valence-electron chi connectivity index (χ3n) is 4.57. The van der Waals surface area contributed by atoms with Gasteiger partial charge in [-0.2, -0.15) is 0 Å². The van der Waals surface area contributed by atoms with E-state index in [9.17, 15) is 0 Å². The molecule has 1 aliphatic carbocycles. The summed E-state index contributed by atoms with van der Waals surface area (Å²) in [7, 11) is 0. The van der Waals surface area contributed by atoms with E-state index >= 15 is 0 Å².